The van der Waals surface area contributed by atoms with Crippen LogP contribution in [-0.4, -0.2) is 25.7 Å². The highest BCUT2D eigenvalue weighted by atomic mass is 16.6. The van der Waals surface area contributed by atoms with Crippen LogP contribution in [0.3, 0.4) is 0 Å². The van der Waals surface area contributed by atoms with Crippen LogP contribution in [0.15, 0.2) is 33.9 Å². The van der Waals surface area contributed by atoms with Gasteiger partial charge < -0.3 is 10.8 Å². The lowest BCUT2D eigenvalue weighted by atomic mass is 9.92. The fourth-order valence-corrected chi connectivity index (χ4v) is 2.43. The molecule has 1 aromatic carbocycles. The molecular weight excluding hydrogens is 304 g/mol. The highest BCUT2D eigenvalue weighted by Crippen LogP contribution is 2.27. The molecule has 0 fully saturated rings. The SMILES string of the molecule is Cn1c(N)c(C(C[N+](=O)[O-])c2ccc(O)cc2)c(=O)n(C)c1=O. The van der Waals surface area contributed by atoms with Crippen LogP contribution in [0.5, 0.6) is 5.75 Å². The standard InChI is InChI=1S/C14H16N4O5/c1-16-12(15)11(13(20)17(2)14(16)21)10(7-18(22)23)8-3-5-9(19)6-4-8/h3-6,10,19H,7,15H2,1-2H3. The van der Waals surface area contributed by atoms with Crippen LogP contribution in [0.4, 0.5) is 5.82 Å². The molecule has 0 spiro atoms. The Morgan fingerprint density at radius 2 is 1.78 bits per heavy atom. The molecule has 0 saturated heterocycles. The third-order valence-corrected chi connectivity index (χ3v) is 3.72. The number of phenolic OH excluding ortho intramolecular Hbond substituents is 1. The van der Waals surface area contributed by atoms with Crippen LogP contribution in [0, 0.1) is 10.1 Å². The average Bonchev–Trinajstić information content (AvgIpc) is 2.51. The zero-order chi connectivity index (χ0) is 17.3. The molecule has 0 bridgehead atoms. The molecule has 1 heterocycles. The lowest BCUT2D eigenvalue weighted by Gasteiger charge is -2.18. The van der Waals surface area contributed by atoms with Gasteiger partial charge in [0.2, 0.25) is 6.54 Å². The maximum Gasteiger partial charge on any atom is 0.332 e. The maximum atomic E-state index is 12.4. The van der Waals surface area contributed by atoms with Crippen molar-refractivity contribution in [3.8, 4) is 5.75 Å². The molecule has 0 aliphatic carbocycles. The fourth-order valence-electron chi connectivity index (χ4n) is 2.43. The predicted molar refractivity (Wildman–Crippen MR) is 83.1 cm³/mol. The van der Waals surface area contributed by atoms with Crippen molar-refractivity contribution in [2.45, 2.75) is 5.92 Å². The molecule has 1 aromatic heterocycles. The summed E-state index contributed by atoms with van der Waals surface area (Å²) >= 11 is 0. The lowest BCUT2D eigenvalue weighted by Crippen LogP contribution is -2.42. The van der Waals surface area contributed by atoms with Gasteiger partial charge in [-0.05, 0) is 17.7 Å². The van der Waals surface area contributed by atoms with E-state index in [4.69, 9.17) is 5.73 Å². The number of phenols is 1. The number of aromatic hydroxyl groups is 1. The van der Waals surface area contributed by atoms with E-state index in [1.54, 1.807) is 0 Å². The van der Waals surface area contributed by atoms with Crippen molar-refractivity contribution in [1.82, 2.24) is 9.13 Å². The highest BCUT2D eigenvalue weighted by Gasteiger charge is 2.28. The molecule has 9 nitrogen and oxygen atoms in total. The van der Waals surface area contributed by atoms with Gasteiger partial charge in [-0.25, -0.2) is 4.79 Å². The van der Waals surface area contributed by atoms with Crippen molar-refractivity contribution < 1.29 is 10.0 Å². The molecule has 23 heavy (non-hydrogen) atoms. The van der Waals surface area contributed by atoms with Crippen molar-refractivity contribution >= 4 is 5.82 Å². The fraction of sp³-hybridized carbons (Fsp3) is 0.286. The van der Waals surface area contributed by atoms with Crippen LogP contribution in [0.1, 0.15) is 17.0 Å². The monoisotopic (exact) mass is 320 g/mol. The smallest absolute Gasteiger partial charge is 0.332 e. The number of hydrogen-bond acceptors (Lipinski definition) is 6. The Hall–Kier alpha value is -3.10. The van der Waals surface area contributed by atoms with Gasteiger partial charge in [0.05, 0.1) is 11.5 Å². The summed E-state index contributed by atoms with van der Waals surface area (Å²) in [5.74, 6) is -1.05. The second-order valence-electron chi connectivity index (χ2n) is 5.16. The Balaban J connectivity index is 2.75. The molecule has 3 N–H and O–H groups in total. The van der Waals surface area contributed by atoms with Crippen LogP contribution >= 0.6 is 0 Å². The molecule has 1 unspecified atom stereocenters. The van der Waals surface area contributed by atoms with E-state index in [-0.39, 0.29) is 17.1 Å². The van der Waals surface area contributed by atoms with Gasteiger partial charge in [-0.1, -0.05) is 12.1 Å². The zero-order valence-corrected chi connectivity index (χ0v) is 12.6. The Morgan fingerprint density at radius 1 is 1.22 bits per heavy atom. The first kappa shape index (κ1) is 16.3. The molecule has 1 atom stereocenters. The summed E-state index contributed by atoms with van der Waals surface area (Å²) in [4.78, 5) is 34.8. The van der Waals surface area contributed by atoms with Gasteiger partial charge in [-0.15, -0.1) is 0 Å². The van der Waals surface area contributed by atoms with Crippen molar-refractivity contribution in [3.63, 3.8) is 0 Å². The number of nitrogen functional groups attached to an aromatic ring is 1. The Bertz CT molecular complexity index is 866. The topological polar surface area (TPSA) is 133 Å². The van der Waals surface area contributed by atoms with Gasteiger partial charge in [0.1, 0.15) is 11.6 Å². The summed E-state index contributed by atoms with van der Waals surface area (Å²) in [6, 6.07) is 5.69. The van der Waals surface area contributed by atoms with E-state index < -0.39 is 28.6 Å². The number of nitro groups is 1. The predicted octanol–water partition coefficient (Wildman–Crippen LogP) is -0.220. The summed E-state index contributed by atoms with van der Waals surface area (Å²) < 4.78 is 1.93. The summed E-state index contributed by atoms with van der Waals surface area (Å²) in [7, 11) is 2.67. The summed E-state index contributed by atoms with van der Waals surface area (Å²) in [6.07, 6.45) is 0. The first-order valence-corrected chi connectivity index (χ1v) is 6.70. The van der Waals surface area contributed by atoms with Gasteiger partial charge in [0.25, 0.3) is 5.56 Å². The molecule has 2 rings (SSSR count). The van der Waals surface area contributed by atoms with Crippen molar-refractivity contribution in [2.24, 2.45) is 14.1 Å². The minimum absolute atomic E-state index is 0.00469. The molecule has 0 radical (unpaired) electrons. The number of aromatic nitrogens is 2. The number of nitrogens with zero attached hydrogens (tertiary/aromatic N) is 3. The number of anilines is 1. The summed E-state index contributed by atoms with van der Waals surface area (Å²) in [6.45, 7) is -0.567. The number of hydrogen-bond donors (Lipinski definition) is 2. The van der Waals surface area contributed by atoms with Crippen molar-refractivity contribution in [2.75, 3.05) is 12.3 Å². The second kappa shape index (κ2) is 5.95. The Morgan fingerprint density at radius 3 is 2.30 bits per heavy atom. The Labute approximate surface area is 130 Å². The highest BCUT2D eigenvalue weighted by molar-refractivity contribution is 5.46. The van der Waals surface area contributed by atoms with Gasteiger partial charge in [-0.3, -0.25) is 24.0 Å². The van der Waals surface area contributed by atoms with Gasteiger partial charge in [0, 0.05) is 19.0 Å². The number of rotatable bonds is 4. The molecule has 9 heteroatoms. The largest absolute Gasteiger partial charge is 0.508 e. The molecule has 0 saturated carbocycles. The molecule has 0 amide bonds. The van der Waals surface area contributed by atoms with Gasteiger partial charge >= 0.3 is 5.69 Å². The normalized spacial score (nSPS) is 12.1. The molecule has 0 aliphatic rings. The molecular formula is C14H16N4O5. The first-order valence-electron chi connectivity index (χ1n) is 6.70. The summed E-state index contributed by atoms with van der Waals surface area (Å²) in [5, 5.41) is 20.4. The minimum Gasteiger partial charge on any atom is -0.508 e. The van der Waals surface area contributed by atoms with E-state index in [1.165, 1.54) is 38.4 Å². The third-order valence-electron chi connectivity index (χ3n) is 3.72. The first-order chi connectivity index (χ1) is 10.7. The lowest BCUT2D eigenvalue weighted by molar-refractivity contribution is -0.481. The van der Waals surface area contributed by atoms with E-state index in [0.29, 0.717) is 5.56 Å². The number of benzene rings is 1. The van der Waals surface area contributed by atoms with E-state index in [2.05, 4.69) is 0 Å². The van der Waals surface area contributed by atoms with Gasteiger partial charge in [0.15, 0.2) is 0 Å². The summed E-state index contributed by atoms with van der Waals surface area (Å²) in [5.41, 5.74) is 5.02. The van der Waals surface area contributed by atoms with E-state index in [1.807, 2.05) is 0 Å². The quantitative estimate of drug-likeness (QED) is 0.591. The second-order valence-corrected chi connectivity index (χ2v) is 5.16. The maximum absolute atomic E-state index is 12.4. The van der Waals surface area contributed by atoms with Gasteiger partial charge in [-0.2, -0.15) is 0 Å². The van der Waals surface area contributed by atoms with E-state index in [0.717, 1.165) is 9.13 Å². The molecule has 122 valence electrons. The zero-order valence-electron chi connectivity index (χ0n) is 12.6. The molecule has 2 aromatic rings. The van der Waals surface area contributed by atoms with Crippen LogP contribution < -0.4 is 17.0 Å². The van der Waals surface area contributed by atoms with Crippen molar-refractivity contribution in [3.05, 3.63) is 66.3 Å². The van der Waals surface area contributed by atoms with Crippen molar-refractivity contribution in [1.29, 1.82) is 0 Å². The average molecular weight is 320 g/mol. The Kier molecular flexibility index (Phi) is 4.21. The number of nitrogens with two attached hydrogens (primary N) is 1. The van der Waals surface area contributed by atoms with Crippen LogP contribution in [-0.2, 0) is 14.1 Å². The van der Waals surface area contributed by atoms with Crippen LogP contribution in [0.25, 0.3) is 0 Å². The van der Waals surface area contributed by atoms with E-state index in [9.17, 15) is 24.8 Å². The minimum atomic E-state index is -0.934. The van der Waals surface area contributed by atoms with E-state index >= 15 is 0 Å². The van der Waals surface area contributed by atoms with Crippen LogP contribution in [0.2, 0.25) is 0 Å². The third kappa shape index (κ3) is 2.93. The molecule has 0 aliphatic heterocycles.